The molecule has 1 N–H and O–H groups in total. The summed E-state index contributed by atoms with van der Waals surface area (Å²) in [5.74, 6) is -0.161. The lowest BCUT2D eigenvalue weighted by Crippen LogP contribution is -2.49. The number of rotatable bonds is 4. The van der Waals surface area contributed by atoms with E-state index in [1.54, 1.807) is 12.1 Å². The van der Waals surface area contributed by atoms with Crippen molar-refractivity contribution in [3.63, 3.8) is 0 Å². The Hall–Kier alpha value is -1.62. The first-order valence-corrected chi connectivity index (χ1v) is 7.91. The molecule has 2 aliphatic heterocycles. The summed E-state index contributed by atoms with van der Waals surface area (Å²) in [6.07, 6.45) is 4.71. The highest BCUT2D eigenvalue weighted by Gasteiger charge is 2.36. The lowest BCUT2D eigenvalue weighted by molar-refractivity contribution is -0.131. The molecular formula is C17H23FN2O2. The first-order valence-electron chi connectivity index (χ1n) is 7.91. The van der Waals surface area contributed by atoms with Gasteiger partial charge in [0.2, 0.25) is 5.91 Å². The smallest absolute Gasteiger partial charge is 0.226 e. The molecule has 1 aromatic rings. The van der Waals surface area contributed by atoms with Crippen LogP contribution in [0.2, 0.25) is 0 Å². The Kier molecular flexibility index (Phi) is 4.34. The van der Waals surface area contributed by atoms with Crippen LogP contribution in [0, 0.1) is 5.82 Å². The Balaban J connectivity index is 1.62. The van der Waals surface area contributed by atoms with Gasteiger partial charge in [-0.15, -0.1) is 0 Å². The third-order valence-electron chi connectivity index (χ3n) is 4.96. The number of carbonyl (C=O) groups is 1. The fourth-order valence-corrected chi connectivity index (χ4v) is 3.67. The molecule has 1 amide bonds. The number of hydrogen-bond acceptors (Lipinski definition) is 3. The van der Waals surface area contributed by atoms with Crippen molar-refractivity contribution in [3.8, 4) is 5.75 Å². The van der Waals surface area contributed by atoms with Gasteiger partial charge in [-0.1, -0.05) is 6.07 Å². The van der Waals surface area contributed by atoms with E-state index < -0.39 is 5.82 Å². The van der Waals surface area contributed by atoms with Crippen molar-refractivity contribution in [2.24, 2.45) is 0 Å². The highest BCUT2D eigenvalue weighted by Crippen LogP contribution is 2.29. The van der Waals surface area contributed by atoms with E-state index in [1.165, 1.54) is 26.0 Å². The zero-order valence-corrected chi connectivity index (χ0v) is 13.1. The van der Waals surface area contributed by atoms with E-state index in [-0.39, 0.29) is 18.1 Å². The van der Waals surface area contributed by atoms with Crippen molar-refractivity contribution in [3.05, 3.63) is 29.6 Å². The molecule has 0 aromatic heterocycles. The molecule has 4 nitrogen and oxygen atoms in total. The highest BCUT2D eigenvalue weighted by atomic mass is 19.1. The van der Waals surface area contributed by atoms with Crippen molar-refractivity contribution >= 4 is 5.91 Å². The fraction of sp³-hybridized carbons (Fsp3) is 0.588. The standard InChI is InChI=1S/C17H23FN2O2/c1-20(14-9-12-4-5-13(10-14)19-12)17(21)8-11-3-6-16(22-2)15(18)7-11/h3,6-7,12-14,19H,4-5,8-10H2,1-2H3. The largest absolute Gasteiger partial charge is 0.494 e. The zero-order valence-electron chi connectivity index (χ0n) is 13.1. The molecule has 2 bridgehead atoms. The van der Waals surface area contributed by atoms with Gasteiger partial charge in [-0.25, -0.2) is 4.39 Å². The summed E-state index contributed by atoms with van der Waals surface area (Å²) in [5, 5.41) is 3.58. The number of ether oxygens (including phenoxy) is 1. The lowest BCUT2D eigenvalue weighted by atomic mass is 9.98. The topological polar surface area (TPSA) is 41.6 Å². The first kappa shape index (κ1) is 15.3. The summed E-state index contributed by atoms with van der Waals surface area (Å²) < 4.78 is 18.6. The minimum Gasteiger partial charge on any atom is -0.494 e. The van der Waals surface area contributed by atoms with Crippen LogP contribution in [0.25, 0.3) is 0 Å². The molecule has 22 heavy (non-hydrogen) atoms. The van der Waals surface area contributed by atoms with E-state index in [1.807, 2.05) is 11.9 Å². The fourth-order valence-electron chi connectivity index (χ4n) is 3.67. The van der Waals surface area contributed by atoms with Gasteiger partial charge in [0.1, 0.15) is 0 Å². The minimum absolute atomic E-state index is 0.0517. The van der Waals surface area contributed by atoms with Gasteiger partial charge in [0.25, 0.3) is 0 Å². The summed E-state index contributed by atoms with van der Waals surface area (Å²) in [7, 11) is 3.31. The van der Waals surface area contributed by atoms with Gasteiger partial charge in [0.05, 0.1) is 13.5 Å². The quantitative estimate of drug-likeness (QED) is 0.926. The van der Waals surface area contributed by atoms with Crippen molar-refractivity contribution < 1.29 is 13.9 Å². The molecule has 1 aromatic carbocycles. The van der Waals surface area contributed by atoms with E-state index in [2.05, 4.69) is 5.32 Å². The zero-order chi connectivity index (χ0) is 15.7. The Labute approximate surface area is 130 Å². The number of halogens is 1. The van der Waals surface area contributed by atoms with Gasteiger partial charge in [-0.2, -0.15) is 0 Å². The van der Waals surface area contributed by atoms with Gasteiger partial charge in [-0.05, 0) is 43.4 Å². The van der Waals surface area contributed by atoms with Crippen LogP contribution < -0.4 is 10.1 Å². The number of methoxy groups -OCH3 is 1. The van der Waals surface area contributed by atoms with Crippen LogP contribution in [0.15, 0.2) is 18.2 Å². The summed E-state index contributed by atoms with van der Waals surface area (Å²) in [6, 6.07) is 6.11. The molecule has 3 rings (SSSR count). The monoisotopic (exact) mass is 306 g/mol. The molecule has 0 spiro atoms. The number of nitrogens with one attached hydrogen (secondary N) is 1. The molecule has 2 heterocycles. The summed E-state index contributed by atoms with van der Waals surface area (Å²) >= 11 is 0. The Morgan fingerprint density at radius 3 is 2.64 bits per heavy atom. The third kappa shape index (κ3) is 3.09. The number of benzene rings is 1. The van der Waals surface area contributed by atoms with E-state index in [4.69, 9.17) is 4.74 Å². The van der Waals surface area contributed by atoms with Crippen LogP contribution >= 0.6 is 0 Å². The van der Waals surface area contributed by atoms with Crippen LogP contribution in [0.5, 0.6) is 5.75 Å². The van der Waals surface area contributed by atoms with Crippen molar-refractivity contribution in [2.75, 3.05) is 14.2 Å². The van der Waals surface area contributed by atoms with Crippen molar-refractivity contribution in [1.82, 2.24) is 10.2 Å². The average Bonchev–Trinajstić information content (AvgIpc) is 2.85. The van der Waals surface area contributed by atoms with Gasteiger partial charge < -0.3 is 15.0 Å². The molecular weight excluding hydrogens is 283 g/mol. The maximum atomic E-state index is 13.7. The lowest BCUT2D eigenvalue weighted by Gasteiger charge is -2.35. The SMILES string of the molecule is COc1ccc(CC(=O)N(C)C2CC3CCC(C2)N3)cc1F. The summed E-state index contributed by atoms with van der Waals surface area (Å²) in [6.45, 7) is 0. The van der Waals surface area contributed by atoms with Gasteiger partial charge in [-0.3, -0.25) is 4.79 Å². The molecule has 2 unspecified atom stereocenters. The number of fused-ring (bicyclic) bond motifs is 2. The molecule has 2 aliphatic rings. The summed E-state index contributed by atoms with van der Waals surface area (Å²) in [4.78, 5) is 14.3. The molecule has 2 fully saturated rings. The highest BCUT2D eigenvalue weighted by molar-refractivity contribution is 5.79. The normalized spacial score (nSPS) is 26.8. The maximum absolute atomic E-state index is 13.7. The number of piperidine rings is 1. The van der Waals surface area contributed by atoms with E-state index in [9.17, 15) is 9.18 Å². The number of carbonyl (C=O) groups excluding carboxylic acids is 1. The Morgan fingerprint density at radius 1 is 1.36 bits per heavy atom. The van der Waals surface area contributed by atoms with Gasteiger partial charge in [0, 0.05) is 25.2 Å². The predicted octanol–water partition coefficient (Wildman–Crippen LogP) is 2.12. The number of amides is 1. The van der Waals surface area contributed by atoms with Crippen LogP contribution in [0.3, 0.4) is 0 Å². The maximum Gasteiger partial charge on any atom is 0.226 e. The van der Waals surface area contributed by atoms with Crippen molar-refractivity contribution in [1.29, 1.82) is 0 Å². The minimum atomic E-state index is -0.421. The van der Waals surface area contributed by atoms with E-state index >= 15 is 0 Å². The van der Waals surface area contributed by atoms with Crippen LogP contribution in [0.1, 0.15) is 31.2 Å². The Morgan fingerprint density at radius 2 is 2.05 bits per heavy atom. The van der Waals surface area contributed by atoms with E-state index in [0.717, 1.165) is 12.8 Å². The first-order chi connectivity index (χ1) is 10.6. The van der Waals surface area contributed by atoms with Crippen LogP contribution in [0.4, 0.5) is 4.39 Å². The molecule has 2 atom stereocenters. The average molecular weight is 306 g/mol. The molecule has 0 aliphatic carbocycles. The molecule has 120 valence electrons. The molecule has 0 saturated carbocycles. The molecule has 5 heteroatoms. The van der Waals surface area contributed by atoms with Crippen LogP contribution in [-0.2, 0) is 11.2 Å². The van der Waals surface area contributed by atoms with E-state index in [0.29, 0.717) is 23.7 Å². The van der Waals surface area contributed by atoms with Crippen LogP contribution in [-0.4, -0.2) is 43.1 Å². The number of nitrogens with zero attached hydrogens (tertiary/aromatic N) is 1. The summed E-state index contributed by atoms with van der Waals surface area (Å²) in [5.41, 5.74) is 0.687. The number of hydrogen-bond donors (Lipinski definition) is 1. The molecule has 2 saturated heterocycles. The second kappa shape index (κ2) is 6.24. The predicted molar refractivity (Wildman–Crippen MR) is 82.4 cm³/mol. The second-order valence-corrected chi connectivity index (χ2v) is 6.41. The van der Waals surface area contributed by atoms with Crippen molar-refractivity contribution in [2.45, 2.75) is 50.2 Å². The molecule has 0 radical (unpaired) electrons. The number of likely N-dealkylation sites (N-methyl/N-ethyl adjacent to an activating group) is 1. The van der Waals surface area contributed by atoms with Gasteiger partial charge in [0.15, 0.2) is 11.6 Å². The second-order valence-electron chi connectivity index (χ2n) is 6.41. The Bertz CT molecular complexity index is 552. The third-order valence-corrected chi connectivity index (χ3v) is 4.96. The van der Waals surface area contributed by atoms with Gasteiger partial charge >= 0.3 is 0 Å².